The van der Waals surface area contributed by atoms with E-state index in [2.05, 4.69) is 0 Å². The Morgan fingerprint density at radius 2 is 2.50 bits per heavy atom. The Bertz CT molecular complexity index is 190. The van der Waals surface area contributed by atoms with E-state index in [1.54, 1.807) is 0 Å². The van der Waals surface area contributed by atoms with E-state index in [0.717, 1.165) is 6.08 Å². The van der Waals surface area contributed by atoms with Crippen molar-refractivity contribution in [1.29, 1.82) is 0 Å². The number of carbonyl (C=O) groups is 1. The molecule has 0 aromatic rings. The molecule has 0 saturated heterocycles. The third-order valence-corrected chi connectivity index (χ3v) is 1.52. The molecule has 0 aromatic carbocycles. The second-order valence-corrected chi connectivity index (χ2v) is 2.32. The molecule has 2 N–H and O–H groups in total. The minimum absolute atomic E-state index is 0.0729. The lowest BCUT2D eigenvalue weighted by atomic mass is 10.1. The van der Waals surface area contributed by atoms with Crippen LogP contribution in [0.1, 0.15) is 6.42 Å². The van der Waals surface area contributed by atoms with Crippen molar-refractivity contribution < 1.29 is 14.3 Å². The van der Waals surface area contributed by atoms with Gasteiger partial charge >= 0.3 is 0 Å². The lowest BCUT2D eigenvalue weighted by molar-refractivity contribution is -0.312. The van der Waals surface area contributed by atoms with E-state index in [4.69, 9.17) is 5.73 Å². The highest BCUT2D eigenvalue weighted by atomic mass is 19.1. The monoisotopic (exact) mass is 144 g/mol. The van der Waals surface area contributed by atoms with Crippen LogP contribution < -0.4 is 10.8 Å². The molecule has 0 heterocycles. The number of hydrogen-bond donors (Lipinski definition) is 1. The van der Waals surface area contributed by atoms with Crippen molar-refractivity contribution in [3.63, 3.8) is 0 Å². The molecule has 0 aliphatic heterocycles. The summed E-state index contributed by atoms with van der Waals surface area (Å²) in [7, 11) is 0. The van der Waals surface area contributed by atoms with E-state index >= 15 is 0 Å². The molecule has 0 amide bonds. The Morgan fingerprint density at radius 3 is 2.70 bits per heavy atom. The number of nitrogens with two attached hydrogens (primary N) is 1. The molecule has 0 spiro atoms. The van der Waals surface area contributed by atoms with Crippen LogP contribution in [-0.4, -0.2) is 12.1 Å². The molecule has 0 aromatic heterocycles. The topological polar surface area (TPSA) is 66.2 Å². The number of alkyl halides is 1. The zero-order valence-corrected chi connectivity index (χ0v) is 5.21. The average Bonchev–Trinajstić information content (AvgIpc) is 2.10. The van der Waals surface area contributed by atoms with Crippen molar-refractivity contribution >= 4 is 5.97 Å². The highest BCUT2D eigenvalue weighted by Gasteiger charge is 2.26. The van der Waals surface area contributed by atoms with Crippen molar-refractivity contribution in [3.8, 4) is 0 Å². The van der Waals surface area contributed by atoms with Gasteiger partial charge in [0.1, 0.15) is 6.17 Å². The van der Waals surface area contributed by atoms with E-state index in [-0.39, 0.29) is 6.42 Å². The largest absolute Gasteiger partial charge is 0.550 e. The van der Waals surface area contributed by atoms with Gasteiger partial charge in [0.05, 0.1) is 0 Å². The van der Waals surface area contributed by atoms with Gasteiger partial charge in [0, 0.05) is 17.6 Å². The normalized spacial score (nSPS) is 31.9. The summed E-state index contributed by atoms with van der Waals surface area (Å²) in [4.78, 5) is 10.1. The number of allylic oxidation sites excluding steroid dienone is 2. The van der Waals surface area contributed by atoms with Crippen LogP contribution in [0.3, 0.4) is 0 Å². The van der Waals surface area contributed by atoms with Crippen molar-refractivity contribution in [2.75, 3.05) is 0 Å². The Labute approximate surface area is 57.3 Å². The van der Waals surface area contributed by atoms with Gasteiger partial charge in [-0.1, -0.05) is 0 Å². The summed E-state index contributed by atoms with van der Waals surface area (Å²) in [5, 5.41) is 10.1. The van der Waals surface area contributed by atoms with E-state index in [1.807, 2.05) is 0 Å². The van der Waals surface area contributed by atoms with Crippen molar-refractivity contribution in [1.82, 2.24) is 0 Å². The highest BCUT2D eigenvalue weighted by molar-refractivity contribution is 5.70. The fraction of sp³-hybridized carbons (Fsp3) is 0.500. The molecular formula is C6H7FNO2-. The minimum atomic E-state index is -1.47. The van der Waals surface area contributed by atoms with Crippen LogP contribution in [0, 0.1) is 5.92 Å². The Balaban J connectivity index is 2.63. The van der Waals surface area contributed by atoms with Gasteiger partial charge in [0.25, 0.3) is 0 Å². The molecular weight excluding hydrogens is 137 g/mol. The molecule has 1 rings (SSSR count). The first-order valence-electron chi connectivity index (χ1n) is 2.92. The fourth-order valence-electron chi connectivity index (χ4n) is 0.969. The molecule has 0 saturated carbocycles. The standard InChI is InChI=1S/C6H8FNO2/c7-5-2-3(8)1-4(5)6(9)10/h2,4-5H,1,8H2,(H,9,10)/p-1/t4-,5?/m1/s1. The summed E-state index contributed by atoms with van der Waals surface area (Å²) >= 11 is 0. The molecule has 1 aliphatic rings. The number of rotatable bonds is 1. The molecule has 0 fully saturated rings. The summed E-state index contributed by atoms with van der Waals surface area (Å²) in [6, 6.07) is 0. The van der Waals surface area contributed by atoms with E-state index in [1.165, 1.54) is 0 Å². The second kappa shape index (κ2) is 2.28. The van der Waals surface area contributed by atoms with Crippen LogP contribution >= 0.6 is 0 Å². The maximum Gasteiger partial charge on any atom is 0.129 e. The van der Waals surface area contributed by atoms with Gasteiger partial charge in [-0.25, -0.2) is 4.39 Å². The quantitative estimate of drug-likeness (QED) is 0.510. The fourth-order valence-corrected chi connectivity index (χ4v) is 0.969. The number of carboxylic acids is 1. The van der Waals surface area contributed by atoms with Gasteiger partial charge in [-0.2, -0.15) is 0 Å². The molecule has 3 nitrogen and oxygen atoms in total. The number of carboxylic acid groups (broad SMARTS) is 1. The summed E-state index contributed by atoms with van der Waals surface area (Å²) in [6.07, 6.45) is -0.283. The maximum atomic E-state index is 12.5. The summed E-state index contributed by atoms with van der Waals surface area (Å²) < 4.78 is 12.5. The summed E-state index contributed by atoms with van der Waals surface area (Å²) in [6.45, 7) is 0. The average molecular weight is 144 g/mol. The number of halogens is 1. The Morgan fingerprint density at radius 1 is 1.90 bits per heavy atom. The smallest absolute Gasteiger partial charge is 0.129 e. The van der Waals surface area contributed by atoms with Crippen molar-refractivity contribution in [2.45, 2.75) is 12.6 Å². The first-order valence-corrected chi connectivity index (χ1v) is 2.92. The highest BCUT2D eigenvalue weighted by Crippen LogP contribution is 2.23. The lowest BCUT2D eigenvalue weighted by Crippen LogP contribution is -2.34. The van der Waals surface area contributed by atoms with Gasteiger partial charge in [-0.05, 0) is 12.5 Å². The third kappa shape index (κ3) is 1.10. The van der Waals surface area contributed by atoms with Gasteiger partial charge < -0.3 is 15.6 Å². The molecule has 10 heavy (non-hydrogen) atoms. The predicted octanol–water partition coefficient (Wildman–Crippen LogP) is -1.06. The molecule has 1 unspecified atom stereocenters. The van der Waals surface area contributed by atoms with Crippen LogP contribution in [0.25, 0.3) is 0 Å². The van der Waals surface area contributed by atoms with Crippen LogP contribution in [0.2, 0.25) is 0 Å². The Hall–Kier alpha value is -1.06. The summed E-state index contributed by atoms with van der Waals surface area (Å²) in [5.41, 5.74) is 5.48. The molecule has 2 atom stereocenters. The van der Waals surface area contributed by atoms with E-state index in [0.29, 0.717) is 5.70 Å². The molecule has 1 aliphatic carbocycles. The van der Waals surface area contributed by atoms with Crippen LogP contribution in [0.5, 0.6) is 0 Å². The van der Waals surface area contributed by atoms with Gasteiger partial charge in [-0.3, -0.25) is 0 Å². The van der Waals surface area contributed by atoms with Gasteiger partial charge in [-0.15, -0.1) is 0 Å². The third-order valence-electron chi connectivity index (χ3n) is 1.52. The Kier molecular flexibility index (Phi) is 1.61. The van der Waals surface area contributed by atoms with Crippen LogP contribution in [-0.2, 0) is 4.79 Å². The lowest BCUT2D eigenvalue weighted by Gasteiger charge is -2.12. The number of carbonyl (C=O) groups excluding carboxylic acids is 1. The molecule has 0 radical (unpaired) electrons. The first-order chi connectivity index (χ1) is 4.61. The van der Waals surface area contributed by atoms with E-state index < -0.39 is 18.1 Å². The maximum absolute atomic E-state index is 12.5. The number of hydrogen-bond acceptors (Lipinski definition) is 3. The number of aliphatic carboxylic acids is 1. The zero-order chi connectivity index (χ0) is 7.72. The first kappa shape index (κ1) is 7.05. The second-order valence-electron chi connectivity index (χ2n) is 2.32. The minimum Gasteiger partial charge on any atom is -0.550 e. The molecule has 56 valence electrons. The van der Waals surface area contributed by atoms with Crippen LogP contribution in [0.4, 0.5) is 4.39 Å². The van der Waals surface area contributed by atoms with Crippen molar-refractivity contribution in [2.24, 2.45) is 11.7 Å². The van der Waals surface area contributed by atoms with Crippen LogP contribution in [0.15, 0.2) is 11.8 Å². The SMILES string of the molecule is NC1=CC(F)[C@H](C(=O)[O-])C1. The predicted molar refractivity (Wildman–Crippen MR) is 30.3 cm³/mol. The van der Waals surface area contributed by atoms with Gasteiger partial charge in [0.15, 0.2) is 0 Å². The molecule has 0 bridgehead atoms. The molecule has 4 heteroatoms. The van der Waals surface area contributed by atoms with E-state index in [9.17, 15) is 14.3 Å². The zero-order valence-electron chi connectivity index (χ0n) is 5.21. The van der Waals surface area contributed by atoms with Crippen molar-refractivity contribution in [3.05, 3.63) is 11.8 Å². The van der Waals surface area contributed by atoms with Gasteiger partial charge in [0.2, 0.25) is 0 Å². The summed E-state index contributed by atoms with van der Waals surface area (Å²) in [5.74, 6) is -2.44.